The molecule has 0 aromatic heterocycles. The van der Waals surface area contributed by atoms with Crippen LogP contribution in [0.3, 0.4) is 0 Å². The van der Waals surface area contributed by atoms with Gasteiger partial charge in [0.2, 0.25) is 0 Å². The van der Waals surface area contributed by atoms with Crippen molar-refractivity contribution in [2.75, 3.05) is 0 Å². The minimum atomic E-state index is -0.436. The number of hydrazine groups is 1. The van der Waals surface area contributed by atoms with Crippen molar-refractivity contribution in [3.05, 3.63) is 69.5 Å². The molecule has 146 valence electrons. The minimum Gasteiger partial charge on any atom is -0.276 e. The summed E-state index contributed by atoms with van der Waals surface area (Å²) in [7, 11) is 0. The number of carbonyl (C=O) groups is 1. The molecular weight excluding hydrogens is 421 g/mol. The zero-order valence-corrected chi connectivity index (χ0v) is 18.0. The maximum absolute atomic E-state index is 12.8. The van der Waals surface area contributed by atoms with Crippen LogP contribution in [0.2, 0.25) is 10.0 Å². The van der Waals surface area contributed by atoms with E-state index in [1.165, 1.54) is 6.07 Å². The molecular formula is C18H23Cl4FN2O. The molecule has 26 heavy (non-hydrogen) atoms. The Morgan fingerprint density at radius 2 is 1.46 bits per heavy atom. The lowest BCUT2D eigenvalue weighted by Crippen LogP contribution is -2.41. The van der Waals surface area contributed by atoms with Crippen molar-refractivity contribution in [2.45, 2.75) is 33.2 Å². The predicted molar refractivity (Wildman–Crippen MR) is 112 cm³/mol. The molecule has 0 heterocycles. The van der Waals surface area contributed by atoms with Crippen LogP contribution < -0.4 is 11.3 Å². The number of nitrogens with one attached hydrogen (secondary N) is 1. The maximum atomic E-state index is 12.8. The van der Waals surface area contributed by atoms with E-state index < -0.39 is 11.1 Å². The van der Waals surface area contributed by atoms with Crippen LogP contribution in [-0.2, 0) is 0 Å². The van der Waals surface area contributed by atoms with Crippen LogP contribution in [0.4, 0.5) is 4.39 Å². The fourth-order valence-electron chi connectivity index (χ4n) is 1.20. The van der Waals surface area contributed by atoms with Crippen LogP contribution in [0.1, 0.15) is 36.7 Å². The second-order valence-electron chi connectivity index (χ2n) is 6.00. The van der Waals surface area contributed by atoms with Crippen LogP contribution in [0, 0.1) is 12.7 Å². The highest BCUT2D eigenvalue weighted by molar-refractivity contribution is 6.67. The Labute approximate surface area is 175 Å². The molecule has 2 aromatic rings. The predicted octanol–water partition coefficient (Wildman–Crippen LogP) is 6.18. The van der Waals surface area contributed by atoms with Crippen LogP contribution in [0.15, 0.2) is 42.5 Å². The maximum Gasteiger partial charge on any atom is 0.252 e. The van der Waals surface area contributed by atoms with E-state index in [0.29, 0.717) is 16.1 Å². The van der Waals surface area contributed by atoms with Gasteiger partial charge < -0.3 is 0 Å². The summed E-state index contributed by atoms with van der Waals surface area (Å²) < 4.78 is 12.8. The van der Waals surface area contributed by atoms with Gasteiger partial charge >= 0.3 is 0 Å². The first kappa shape index (κ1) is 27.3. The summed E-state index contributed by atoms with van der Waals surface area (Å²) in [4.78, 5) is 10.4. The van der Waals surface area contributed by atoms with E-state index in [0.717, 1.165) is 0 Å². The molecule has 0 saturated carbocycles. The number of rotatable bonds is 1. The van der Waals surface area contributed by atoms with Crippen LogP contribution in [0.5, 0.6) is 0 Å². The summed E-state index contributed by atoms with van der Waals surface area (Å²) in [5.74, 6) is 4.62. The molecule has 8 heteroatoms. The van der Waals surface area contributed by atoms with Crippen molar-refractivity contribution in [1.82, 2.24) is 5.43 Å². The van der Waals surface area contributed by atoms with Crippen molar-refractivity contribution in [2.24, 2.45) is 5.84 Å². The van der Waals surface area contributed by atoms with Crippen LogP contribution in [0.25, 0.3) is 0 Å². The van der Waals surface area contributed by atoms with Gasteiger partial charge in [0, 0.05) is 21.7 Å². The Hall–Kier alpha value is -0.880. The van der Waals surface area contributed by atoms with Gasteiger partial charge in [0.15, 0.2) is 0 Å². The Bertz CT molecular complexity index is 650. The van der Waals surface area contributed by atoms with Crippen molar-refractivity contribution in [3.63, 3.8) is 0 Å². The summed E-state index contributed by atoms with van der Waals surface area (Å²) in [6.45, 7) is 7.61. The molecule has 0 aliphatic rings. The fraction of sp³-hybridized carbons (Fsp3) is 0.278. The molecule has 0 spiro atoms. The second kappa shape index (κ2) is 13.3. The molecule has 0 aliphatic heterocycles. The average Bonchev–Trinajstić information content (AvgIpc) is 2.58. The molecule has 0 fully saturated rings. The largest absolute Gasteiger partial charge is 0.276 e. The van der Waals surface area contributed by atoms with Gasteiger partial charge in [0.25, 0.3) is 5.24 Å². The zero-order valence-electron chi connectivity index (χ0n) is 14.9. The van der Waals surface area contributed by atoms with Gasteiger partial charge in [-0.25, -0.2) is 4.39 Å². The SMILES string of the molecule is CC(C)(C)NN.Cc1c(Cl)ccc(Cl)c1F.Cl.O=C(Cl)c1ccccc1. The third kappa shape index (κ3) is 11.7. The Balaban J connectivity index is 0. The minimum absolute atomic E-state index is 0. The highest BCUT2D eigenvalue weighted by Crippen LogP contribution is 2.23. The zero-order chi connectivity index (χ0) is 19.6. The molecule has 0 amide bonds. The molecule has 2 aromatic carbocycles. The van der Waals surface area contributed by atoms with Crippen LogP contribution in [-0.4, -0.2) is 10.8 Å². The number of halogens is 5. The molecule has 0 radical (unpaired) electrons. The Morgan fingerprint density at radius 1 is 1.04 bits per heavy atom. The monoisotopic (exact) mass is 442 g/mol. The average molecular weight is 444 g/mol. The first-order valence-corrected chi connectivity index (χ1v) is 8.45. The van der Waals surface area contributed by atoms with Gasteiger partial charge in [-0.3, -0.25) is 16.1 Å². The summed E-state index contributed by atoms with van der Waals surface area (Å²) in [5.41, 5.74) is 3.61. The molecule has 3 nitrogen and oxygen atoms in total. The lowest BCUT2D eigenvalue weighted by atomic mass is 10.1. The number of hydrogen-bond donors (Lipinski definition) is 2. The van der Waals surface area contributed by atoms with Crippen molar-refractivity contribution in [1.29, 1.82) is 0 Å². The summed E-state index contributed by atoms with van der Waals surface area (Å²) in [5, 5.41) is 0.111. The standard InChI is InChI=1S/C7H5Cl2F.C7H5ClO.C4H12N2.ClH/c1-4-5(8)2-3-6(9)7(4)10;8-7(9)6-4-2-1-3-5-6;1-4(2,3)6-5;/h2-3H,1H3;1-5H;6H,5H2,1-3H3;1H. The second-order valence-corrected chi connectivity index (χ2v) is 7.16. The van der Waals surface area contributed by atoms with E-state index in [-0.39, 0.29) is 23.0 Å². The first-order valence-electron chi connectivity index (χ1n) is 7.32. The number of hydrogen-bond acceptors (Lipinski definition) is 3. The third-order valence-electron chi connectivity index (χ3n) is 2.71. The van der Waals surface area contributed by atoms with E-state index in [4.69, 9.17) is 40.6 Å². The summed E-state index contributed by atoms with van der Waals surface area (Å²) >= 11 is 16.2. The van der Waals surface area contributed by atoms with E-state index in [1.807, 2.05) is 26.8 Å². The number of nitrogens with two attached hydrogens (primary N) is 1. The van der Waals surface area contributed by atoms with E-state index in [1.54, 1.807) is 37.3 Å². The van der Waals surface area contributed by atoms with Crippen molar-refractivity contribution >= 4 is 52.5 Å². The van der Waals surface area contributed by atoms with E-state index in [9.17, 15) is 9.18 Å². The summed E-state index contributed by atoms with van der Waals surface area (Å²) in [6, 6.07) is 11.7. The summed E-state index contributed by atoms with van der Waals surface area (Å²) in [6.07, 6.45) is 0. The van der Waals surface area contributed by atoms with E-state index >= 15 is 0 Å². The molecule has 0 bridgehead atoms. The van der Waals surface area contributed by atoms with Crippen molar-refractivity contribution < 1.29 is 9.18 Å². The molecule has 0 atom stereocenters. The Kier molecular flexibility index (Phi) is 14.0. The van der Waals surface area contributed by atoms with Gasteiger partial charge in [-0.15, -0.1) is 12.4 Å². The molecule has 3 N–H and O–H groups in total. The highest BCUT2D eigenvalue weighted by Gasteiger charge is 2.05. The quantitative estimate of drug-likeness (QED) is 0.239. The Morgan fingerprint density at radius 3 is 1.77 bits per heavy atom. The molecule has 2 rings (SSSR count). The number of benzene rings is 2. The molecule has 0 saturated heterocycles. The molecule has 0 unspecified atom stereocenters. The lowest BCUT2D eigenvalue weighted by molar-refractivity contribution is 0.108. The topological polar surface area (TPSA) is 55.1 Å². The van der Waals surface area contributed by atoms with Gasteiger partial charge in [-0.05, 0) is 51.4 Å². The van der Waals surface area contributed by atoms with Gasteiger partial charge in [-0.1, -0.05) is 53.5 Å². The normalized spacial score (nSPS) is 9.73. The lowest BCUT2D eigenvalue weighted by Gasteiger charge is -2.14. The van der Waals surface area contributed by atoms with Crippen LogP contribution >= 0.6 is 47.2 Å². The van der Waals surface area contributed by atoms with E-state index in [2.05, 4.69) is 5.43 Å². The first-order chi connectivity index (χ1) is 11.5. The highest BCUT2D eigenvalue weighted by atomic mass is 35.5. The van der Waals surface area contributed by atoms with Gasteiger partial charge in [-0.2, -0.15) is 0 Å². The van der Waals surface area contributed by atoms with Gasteiger partial charge in [0.05, 0.1) is 5.02 Å². The third-order valence-corrected chi connectivity index (χ3v) is 3.63. The smallest absolute Gasteiger partial charge is 0.252 e. The van der Waals surface area contributed by atoms with Gasteiger partial charge in [0.1, 0.15) is 5.82 Å². The fourth-order valence-corrected chi connectivity index (χ4v) is 1.67. The number of carbonyl (C=O) groups excluding carboxylic acids is 1. The van der Waals surface area contributed by atoms with Crippen molar-refractivity contribution in [3.8, 4) is 0 Å². The molecule has 0 aliphatic carbocycles.